The molecule has 1 aromatic heterocycles. The van der Waals surface area contributed by atoms with Gasteiger partial charge in [0.2, 0.25) is 0 Å². The number of rotatable bonds is 6. The molecule has 2 amide bonds. The van der Waals surface area contributed by atoms with E-state index in [2.05, 4.69) is 10.3 Å². The molecule has 1 N–H and O–H groups in total. The van der Waals surface area contributed by atoms with Crippen LogP contribution in [0.1, 0.15) is 38.8 Å². The van der Waals surface area contributed by atoms with E-state index in [4.69, 9.17) is 0 Å². The van der Waals surface area contributed by atoms with E-state index < -0.39 is 5.91 Å². The number of benzene rings is 2. The van der Waals surface area contributed by atoms with E-state index in [9.17, 15) is 14.0 Å². The summed E-state index contributed by atoms with van der Waals surface area (Å²) in [5.41, 5.74) is 2.78. The maximum absolute atomic E-state index is 13.7. The van der Waals surface area contributed by atoms with E-state index in [1.54, 1.807) is 23.1 Å². The van der Waals surface area contributed by atoms with Crippen molar-refractivity contribution in [3.8, 4) is 0 Å². The molecule has 0 bridgehead atoms. The molecule has 2 aromatic carbocycles. The summed E-state index contributed by atoms with van der Waals surface area (Å²) in [5.74, 6) is -1.05. The maximum atomic E-state index is 13.7. The van der Waals surface area contributed by atoms with Crippen LogP contribution in [-0.2, 0) is 6.54 Å². The molecule has 0 radical (unpaired) electrons. The highest BCUT2D eigenvalue weighted by atomic mass is 19.1. The molecule has 3 rings (SSSR count). The van der Waals surface area contributed by atoms with Gasteiger partial charge in [-0.25, -0.2) is 4.39 Å². The van der Waals surface area contributed by atoms with Gasteiger partial charge in [-0.1, -0.05) is 30.3 Å². The van der Waals surface area contributed by atoms with E-state index in [1.165, 1.54) is 24.5 Å². The van der Waals surface area contributed by atoms with Crippen molar-refractivity contribution in [1.29, 1.82) is 0 Å². The number of pyridine rings is 1. The lowest BCUT2D eigenvalue weighted by Crippen LogP contribution is -2.31. The zero-order valence-electron chi connectivity index (χ0n) is 16.4. The highest BCUT2D eigenvalue weighted by molar-refractivity contribution is 6.07. The van der Waals surface area contributed by atoms with E-state index in [0.29, 0.717) is 17.7 Å². The second kappa shape index (κ2) is 9.10. The van der Waals surface area contributed by atoms with Gasteiger partial charge in [-0.2, -0.15) is 0 Å². The fourth-order valence-electron chi connectivity index (χ4n) is 3.00. The summed E-state index contributed by atoms with van der Waals surface area (Å²) < 4.78 is 13.7. The topological polar surface area (TPSA) is 62.3 Å². The Bertz CT molecular complexity index is 1040. The molecule has 0 aliphatic heterocycles. The number of aryl methyl sites for hydroxylation is 1. The van der Waals surface area contributed by atoms with Crippen molar-refractivity contribution in [2.24, 2.45) is 0 Å². The first-order valence-electron chi connectivity index (χ1n) is 9.34. The Hall–Kier alpha value is -3.54. The number of amides is 2. The molecule has 0 saturated carbocycles. The van der Waals surface area contributed by atoms with Gasteiger partial charge in [-0.05, 0) is 43.7 Å². The van der Waals surface area contributed by atoms with Gasteiger partial charge in [0, 0.05) is 36.7 Å². The Kier molecular flexibility index (Phi) is 6.34. The molecular weight excluding hydrogens is 369 g/mol. The van der Waals surface area contributed by atoms with Crippen molar-refractivity contribution in [1.82, 2.24) is 10.3 Å². The second-order valence-corrected chi connectivity index (χ2v) is 6.62. The number of carbonyl (C=O) groups is 2. The second-order valence-electron chi connectivity index (χ2n) is 6.62. The van der Waals surface area contributed by atoms with Crippen LogP contribution in [0.2, 0.25) is 0 Å². The van der Waals surface area contributed by atoms with Crippen LogP contribution >= 0.6 is 0 Å². The fraction of sp³-hybridized carbons (Fsp3) is 0.174. The van der Waals surface area contributed by atoms with Gasteiger partial charge < -0.3 is 10.2 Å². The molecule has 0 atom stereocenters. The molecule has 6 heteroatoms. The standard InChI is InChI=1S/C23H22FN3O2/c1-3-27(20-9-6-7-16(2)11-20)23(29)19-12-18(13-25-14-19)22(28)26-15-17-8-4-5-10-21(17)24/h4-14H,3,15H2,1-2H3,(H,26,28). The molecular formula is C23H22FN3O2. The van der Waals surface area contributed by atoms with Gasteiger partial charge >= 0.3 is 0 Å². The van der Waals surface area contributed by atoms with Crippen molar-refractivity contribution >= 4 is 17.5 Å². The van der Waals surface area contributed by atoms with Gasteiger partial charge in [0.25, 0.3) is 11.8 Å². The summed E-state index contributed by atoms with van der Waals surface area (Å²) in [6.45, 7) is 4.38. The monoisotopic (exact) mass is 391 g/mol. The van der Waals surface area contributed by atoms with Crippen LogP contribution in [0, 0.1) is 12.7 Å². The number of carbonyl (C=O) groups excluding carboxylic acids is 2. The van der Waals surface area contributed by atoms with Crippen molar-refractivity contribution in [2.45, 2.75) is 20.4 Å². The molecule has 3 aromatic rings. The number of halogens is 1. The molecule has 0 aliphatic carbocycles. The minimum absolute atomic E-state index is 0.0497. The minimum Gasteiger partial charge on any atom is -0.348 e. The lowest BCUT2D eigenvalue weighted by atomic mass is 10.1. The van der Waals surface area contributed by atoms with Crippen LogP contribution in [0.5, 0.6) is 0 Å². The molecule has 29 heavy (non-hydrogen) atoms. The quantitative estimate of drug-likeness (QED) is 0.687. The summed E-state index contributed by atoms with van der Waals surface area (Å²) in [4.78, 5) is 31.1. The Balaban J connectivity index is 1.76. The average Bonchev–Trinajstić information content (AvgIpc) is 2.73. The molecule has 0 aliphatic rings. The number of hydrogen-bond acceptors (Lipinski definition) is 3. The number of nitrogens with zero attached hydrogens (tertiary/aromatic N) is 2. The van der Waals surface area contributed by atoms with E-state index in [-0.39, 0.29) is 23.8 Å². The fourth-order valence-corrected chi connectivity index (χ4v) is 3.00. The first-order valence-corrected chi connectivity index (χ1v) is 9.34. The van der Waals surface area contributed by atoms with Gasteiger partial charge in [0.05, 0.1) is 11.1 Å². The van der Waals surface area contributed by atoms with Crippen molar-refractivity contribution in [3.05, 3.63) is 95.1 Å². The van der Waals surface area contributed by atoms with Crippen LogP contribution in [-0.4, -0.2) is 23.3 Å². The summed E-state index contributed by atoms with van der Waals surface area (Å²) in [6, 6.07) is 15.4. The molecule has 0 spiro atoms. The van der Waals surface area contributed by atoms with Crippen LogP contribution < -0.4 is 10.2 Å². The van der Waals surface area contributed by atoms with Crippen molar-refractivity contribution in [3.63, 3.8) is 0 Å². The summed E-state index contributed by atoms with van der Waals surface area (Å²) in [6.07, 6.45) is 2.82. The first-order chi connectivity index (χ1) is 14.0. The lowest BCUT2D eigenvalue weighted by Gasteiger charge is -2.21. The van der Waals surface area contributed by atoms with Crippen LogP contribution in [0.4, 0.5) is 10.1 Å². The predicted molar refractivity (Wildman–Crippen MR) is 110 cm³/mol. The largest absolute Gasteiger partial charge is 0.348 e. The van der Waals surface area contributed by atoms with Gasteiger partial charge in [0.15, 0.2) is 0 Å². The highest BCUT2D eigenvalue weighted by Crippen LogP contribution is 2.19. The third-order valence-corrected chi connectivity index (χ3v) is 4.52. The Morgan fingerprint density at radius 3 is 2.52 bits per heavy atom. The summed E-state index contributed by atoms with van der Waals surface area (Å²) >= 11 is 0. The Labute approximate surface area is 169 Å². The van der Waals surface area contributed by atoms with Crippen molar-refractivity contribution < 1.29 is 14.0 Å². The van der Waals surface area contributed by atoms with Crippen molar-refractivity contribution in [2.75, 3.05) is 11.4 Å². The van der Waals surface area contributed by atoms with E-state index in [1.807, 2.05) is 38.1 Å². The van der Waals surface area contributed by atoms with E-state index >= 15 is 0 Å². The third-order valence-electron chi connectivity index (χ3n) is 4.52. The predicted octanol–water partition coefficient (Wildman–Crippen LogP) is 4.13. The Morgan fingerprint density at radius 2 is 1.79 bits per heavy atom. The molecule has 148 valence electrons. The minimum atomic E-state index is -0.422. The number of nitrogens with one attached hydrogen (secondary N) is 1. The van der Waals surface area contributed by atoms with Gasteiger partial charge in [0.1, 0.15) is 5.82 Å². The summed E-state index contributed by atoms with van der Waals surface area (Å²) in [5, 5.41) is 2.66. The number of anilines is 1. The Morgan fingerprint density at radius 1 is 1.03 bits per heavy atom. The van der Waals surface area contributed by atoms with Gasteiger partial charge in [-0.15, -0.1) is 0 Å². The smallest absolute Gasteiger partial charge is 0.259 e. The van der Waals surface area contributed by atoms with Crippen LogP contribution in [0.3, 0.4) is 0 Å². The third kappa shape index (κ3) is 4.85. The van der Waals surface area contributed by atoms with Crippen LogP contribution in [0.15, 0.2) is 67.0 Å². The SMILES string of the molecule is CCN(C(=O)c1cncc(C(=O)NCc2ccccc2F)c1)c1cccc(C)c1. The molecule has 0 saturated heterocycles. The van der Waals surface area contributed by atoms with Gasteiger partial charge in [-0.3, -0.25) is 14.6 Å². The molecule has 0 unspecified atom stereocenters. The molecule has 5 nitrogen and oxygen atoms in total. The number of hydrogen-bond donors (Lipinski definition) is 1. The zero-order valence-corrected chi connectivity index (χ0v) is 16.4. The molecule has 0 fully saturated rings. The van der Waals surface area contributed by atoms with E-state index in [0.717, 1.165) is 11.3 Å². The zero-order chi connectivity index (χ0) is 20.8. The van der Waals surface area contributed by atoms with Crippen LogP contribution in [0.25, 0.3) is 0 Å². The number of aromatic nitrogens is 1. The maximum Gasteiger partial charge on any atom is 0.259 e. The lowest BCUT2D eigenvalue weighted by molar-refractivity contribution is 0.0950. The first kappa shape index (κ1) is 20.2. The highest BCUT2D eigenvalue weighted by Gasteiger charge is 2.18. The average molecular weight is 391 g/mol. The normalized spacial score (nSPS) is 10.4. The summed E-state index contributed by atoms with van der Waals surface area (Å²) in [7, 11) is 0. The molecule has 1 heterocycles.